The smallest absolute Gasteiger partial charge is 0.257 e. The Morgan fingerprint density at radius 1 is 1.50 bits per heavy atom. The van der Waals surface area contributed by atoms with Crippen LogP contribution >= 0.6 is 0 Å². The van der Waals surface area contributed by atoms with Crippen LogP contribution < -0.4 is 5.73 Å². The maximum absolute atomic E-state index is 12.1. The number of nitrogens with zero attached hydrogens (tertiary/aromatic N) is 1. The van der Waals surface area contributed by atoms with Crippen molar-refractivity contribution in [3.63, 3.8) is 0 Å². The lowest BCUT2D eigenvalue weighted by Crippen LogP contribution is -2.39. The molecule has 0 aliphatic heterocycles. The summed E-state index contributed by atoms with van der Waals surface area (Å²) in [6.45, 7) is 0.587. The molecule has 0 radical (unpaired) electrons. The second-order valence-corrected chi connectivity index (χ2v) is 4.92. The van der Waals surface area contributed by atoms with Crippen molar-refractivity contribution in [3.8, 4) is 5.75 Å². The van der Waals surface area contributed by atoms with Crippen LogP contribution in [0.25, 0.3) is 0 Å². The molecule has 18 heavy (non-hydrogen) atoms. The SMILES string of the molecule is CN(CC1CC(O)C1)C(=O)c1cccc(N)c1O. The predicted octanol–water partition coefficient (Wildman–Crippen LogP) is 0.817. The molecule has 0 unspecified atom stereocenters. The Bertz CT molecular complexity index is 456. The van der Waals surface area contributed by atoms with Crippen molar-refractivity contribution in [2.45, 2.75) is 18.9 Å². The molecule has 2 rings (SSSR count). The molecule has 5 nitrogen and oxygen atoms in total. The molecular formula is C13H18N2O3. The molecule has 0 spiro atoms. The first-order chi connectivity index (χ1) is 8.49. The molecule has 1 amide bonds. The standard InChI is InChI=1S/C13H18N2O3/c1-15(7-8-5-9(16)6-8)13(18)10-3-2-4-11(14)12(10)17/h2-4,8-9,16-17H,5-7,14H2,1H3. The minimum atomic E-state index is -0.249. The van der Waals surface area contributed by atoms with E-state index in [4.69, 9.17) is 5.73 Å². The third-order valence-corrected chi connectivity index (χ3v) is 3.39. The van der Waals surface area contributed by atoms with Crippen LogP contribution in [0.1, 0.15) is 23.2 Å². The number of hydrogen-bond donors (Lipinski definition) is 3. The zero-order valence-electron chi connectivity index (χ0n) is 10.3. The molecule has 0 bridgehead atoms. The lowest BCUT2D eigenvalue weighted by Gasteiger charge is -2.34. The molecule has 98 valence electrons. The number of para-hydroxylation sites is 1. The molecule has 1 aliphatic rings. The largest absolute Gasteiger partial charge is 0.505 e. The number of phenolic OH excluding ortho intramolecular Hbond substituents is 1. The summed E-state index contributed by atoms with van der Waals surface area (Å²) in [5.74, 6) is -0.0682. The van der Waals surface area contributed by atoms with Gasteiger partial charge >= 0.3 is 0 Å². The Balaban J connectivity index is 2.04. The normalized spacial score (nSPS) is 22.3. The fourth-order valence-corrected chi connectivity index (χ4v) is 2.26. The van der Waals surface area contributed by atoms with Gasteiger partial charge < -0.3 is 20.8 Å². The highest BCUT2D eigenvalue weighted by molar-refractivity contribution is 5.98. The monoisotopic (exact) mass is 250 g/mol. The quantitative estimate of drug-likeness (QED) is 0.547. The summed E-state index contributed by atoms with van der Waals surface area (Å²) < 4.78 is 0. The molecule has 1 aromatic carbocycles. The van der Waals surface area contributed by atoms with Gasteiger partial charge in [-0.15, -0.1) is 0 Å². The average molecular weight is 250 g/mol. The van der Waals surface area contributed by atoms with E-state index in [2.05, 4.69) is 0 Å². The highest BCUT2D eigenvalue weighted by atomic mass is 16.3. The Morgan fingerprint density at radius 2 is 2.17 bits per heavy atom. The number of nitrogen functional groups attached to an aromatic ring is 1. The van der Waals surface area contributed by atoms with Crippen LogP contribution in [0, 0.1) is 5.92 Å². The van der Waals surface area contributed by atoms with Gasteiger partial charge in [-0.1, -0.05) is 6.07 Å². The predicted molar refractivity (Wildman–Crippen MR) is 68.2 cm³/mol. The molecule has 4 N–H and O–H groups in total. The van der Waals surface area contributed by atoms with Gasteiger partial charge in [-0.05, 0) is 30.9 Å². The molecule has 5 heteroatoms. The number of hydrogen-bond acceptors (Lipinski definition) is 4. The molecular weight excluding hydrogens is 232 g/mol. The van der Waals surface area contributed by atoms with Crippen LogP contribution in [0.4, 0.5) is 5.69 Å². The zero-order valence-corrected chi connectivity index (χ0v) is 10.3. The summed E-state index contributed by atoms with van der Waals surface area (Å²) in [6, 6.07) is 4.75. The maximum Gasteiger partial charge on any atom is 0.257 e. The number of phenols is 1. The Kier molecular flexibility index (Phi) is 3.43. The first-order valence-corrected chi connectivity index (χ1v) is 6.00. The number of aromatic hydroxyl groups is 1. The first-order valence-electron chi connectivity index (χ1n) is 6.00. The van der Waals surface area contributed by atoms with Gasteiger partial charge in [0.25, 0.3) is 5.91 Å². The lowest BCUT2D eigenvalue weighted by atomic mass is 9.82. The number of carbonyl (C=O) groups is 1. The van der Waals surface area contributed by atoms with Crippen LogP contribution in [0.3, 0.4) is 0 Å². The number of amides is 1. The van der Waals surface area contributed by atoms with Gasteiger partial charge in [0.15, 0.2) is 5.75 Å². The van der Waals surface area contributed by atoms with Crippen molar-refractivity contribution in [2.24, 2.45) is 5.92 Å². The van der Waals surface area contributed by atoms with Gasteiger partial charge in [-0.2, -0.15) is 0 Å². The summed E-state index contributed by atoms with van der Waals surface area (Å²) in [6.07, 6.45) is 1.25. The van der Waals surface area contributed by atoms with E-state index in [1.165, 1.54) is 0 Å². The van der Waals surface area contributed by atoms with Crippen LogP contribution in [0.5, 0.6) is 5.75 Å². The van der Waals surface area contributed by atoms with E-state index in [9.17, 15) is 15.0 Å². The van der Waals surface area contributed by atoms with Gasteiger partial charge in [0.1, 0.15) is 0 Å². The number of aliphatic hydroxyl groups is 1. The number of carbonyl (C=O) groups excluding carboxylic acids is 1. The summed E-state index contributed by atoms with van der Waals surface area (Å²) in [4.78, 5) is 13.7. The maximum atomic E-state index is 12.1. The van der Waals surface area contributed by atoms with E-state index in [0.29, 0.717) is 12.5 Å². The third kappa shape index (κ3) is 2.41. The molecule has 0 saturated heterocycles. The van der Waals surface area contributed by atoms with Gasteiger partial charge in [-0.25, -0.2) is 0 Å². The van der Waals surface area contributed by atoms with Gasteiger partial charge in [0.05, 0.1) is 17.4 Å². The fourth-order valence-electron chi connectivity index (χ4n) is 2.26. The van der Waals surface area contributed by atoms with Gasteiger partial charge in [0.2, 0.25) is 0 Å². The van der Waals surface area contributed by atoms with Gasteiger partial charge in [-0.3, -0.25) is 4.79 Å². The summed E-state index contributed by atoms with van der Waals surface area (Å²) in [7, 11) is 1.69. The van der Waals surface area contributed by atoms with Crippen molar-refractivity contribution in [1.29, 1.82) is 0 Å². The van der Waals surface area contributed by atoms with Crippen LogP contribution in [-0.2, 0) is 0 Å². The molecule has 1 fully saturated rings. The van der Waals surface area contributed by atoms with E-state index < -0.39 is 0 Å². The fraction of sp³-hybridized carbons (Fsp3) is 0.462. The summed E-state index contributed by atoms with van der Waals surface area (Å²) in [5, 5.41) is 19.0. The van der Waals surface area contributed by atoms with Crippen molar-refractivity contribution < 1.29 is 15.0 Å². The molecule has 0 heterocycles. The number of benzene rings is 1. The third-order valence-electron chi connectivity index (χ3n) is 3.39. The van der Waals surface area contributed by atoms with Crippen molar-refractivity contribution in [2.75, 3.05) is 19.3 Å². The molecule has 1 aromatic rings. The summed E-state index contributed by atoms with van der Waals surface area (Å²) >= 11 is 0. The molecule has 1 aliphatic carbocycles. The second kappa shape index (κ2) is 4.86. The highest BCUT2D eigenvalue weighted by Gasteiger charge is 2.29. The highest BCUT2D eigenvalue weighted by Crippen LogP contribution is 2.29. The lowest BCUT2D eigenvalue weighted by molar-refractivity contribution is 0.0264. The van der Waals surface area contributed by atoms with E-state index in [-0.39, 0.29) is 29.0 Å². The minimum Gasteiger partial charge on any atom is -0.505 e. The summed E-state index contributed by atoms with van der Waals surface area (Å²) in [5.41, 5.74) is 5.98. The second-order valence-electron chi connectivity index (χ2n) is 4.92. The van der Waals surface area contributed by atoms with E-state index in [0.717, 1.165) is 12.8 Å². The van der Waals surface area contributed by atoms with E-state index in [1.54, 1.807) is 30.1 Å². The Hall–Kier alpha value is -1.75. The van der Waals surface area contributed by atoms with Crippen molar-refractivity contribution in [3.05, 3.63) is 23.8 Å². The first kappa shape index (κ1) is 12.7. The Labute approximate surface area is 106 Å². The number of rotatable bonds is 3. The number of anilines is 1. The van der Waals surface area contributed by atoms with Crippen LogP contribution in [0.15, 0.2) is 18.2 Å². The number of aliphatic hydroxyl groups excluding tert-OH is 1. The minimum absolute atomic E-state index is 0.164. The molecule has 1 saturated carbocycles. The Morgan fingerprint density at radius 3 is 2.78 bits per heavy atom. The molecule has 0 atom stereocenters. The van der Waals surface area contributed by atoms with Crippen LogP contribution in [-0.4, -0.2) is 40.7 Å². The van der Waals surface area contributed by atoms with Gasteiger partial charge in [0, 0.05) is 13.6 Å². The van der Waals surface area contributed by atoms with Crippen molar-refractivity contribution in [1.82, 2.24) is 4.90 Å². The van der Waals surface area contributed by atoms with Crippen LogP contribution in [0.2, 0.25) is 0 Å². The van der Waals surface area contributed by atoms with E-state index >= 15 is 0 Å². The van der Waals surface area contributed by atoms with E-state index in [1.807, 2.05) is 0 Å². The van der Waals surface area contributed by atoms with Crippen molar-refractivity contribution >= 4 is 11.6 Å². The number of nitrogens with two attached hydrogens (primary N) is 1. The zero-order chi connectivity index (χ0) is 13.3. The average Bonchev–Trinajstić information content (AvgIpc) is 2.30. The molecule has 0 aromatic heterocycles. The topological polar surface area (TPSA) is 86.8 Å².